The maximum Gasteiger partial charge on any atom is 0.421 e. The molecule has 0 radical (unpaired) electrons. The molecule has 0 saturated heterocycles. The van der Waals surface area contributed by atoms with Crippen LogP contribution in [0.4, 0.5) is 10.5 Å². The third kappa shape index (κ3) is 4.20. The number of nitro groups is 1. The monoisotopic (exact) mass is 508 g/mol. The number of nitrogens with zero attached hydrogens (tertiary/aromatic N) is 2. The van der Waals surface area contributed by atoms with Gasteiger partial charge in [-0.2, -0.15) is 0 Å². The highest BCUT2D eigenvalue weighted by Crippen LogP contribution is 2.54. The summed E-state index contributed by atoms with van der Waals surface area (Å²) in [5.41, 5.74) is -0.292. The molecular formula is C31H28N2O5. The first-order valence-electron chi connectivity index (χ1n) is 12.5. The Morgan fingerprint density at radius 1 is 0.921 bits per heavy atom. The molecule has 0 N–H and O–H groups in total. The first-order valence-corrected chi connectivity index (χ1v) is 12.5. The van der Waals surface area contributed by atoms with E-state index in [9.17, 15) is 19.7 Å². The van der Waals surface area contributed by atoms with Crippen molar-refractivity contribution >= 4 is 28.5 Å². The second-order valence-corrected chi connectivity index (χ2v) is 10.5. The van der Waals surface area contributed by atoms with E-state index in [-0.39, 0.29) is 0 Å². The van der Waals surface area contributed by atoms with Gasteiger partial charge in [0.1, 0.15) is 11.0 Å². The molecule has 2 atom stereocenters. The minimum Gasteiger partial charge on any atom is -0.443 e. The van der Waals surface area contributed by atoms with Crippen molar-refractivity contribution in [3.63, 3.8) is 0 Å². The van der Waals surface area contributed by atoms with Crippen molar-refractivity contribution in [1.82, 2.24) is 0 Å². The van der Waals surface area contributed by atoms with Gasteiger partial charge < -0.3 is 4.74 Å². The summed E-state index contributed by atoms with van der Waals surface area (Å²) in [4.78, 5) is 41.0. The molecule has 0 fully saturated rings. The highest BCUT2D eigenvalue weighted by Gasteiger charge is 2.60. The molecule has 4 aromatic carbocycles. The maximum absolute atomic E-state index is 14.7. The van der Waals surface area contributed by atoms with E-state index in [4.69, 9.17) is 4.74 Å². The molecule has 0 bridgehead atoms. The van der Waals surface area contributed by atoms with Crippen LogP contribution < -0.4 is 4.90 Å². The number of rotatable bonds is 5. The van der Waals surface area contributed by atoms with Crippen LogP contribution in [0.15, 0.2) is 97.1 Å². The average molecular weight is 509 g/mol. The summed E-state index contributed by atoms with van der Waals surface area (Å²) in [6.45, 7) is 4.67. The van der Waals surface area contributed by atoms with Crippen LogP contribution in [-0.4, -0.2) is 29.1 Å². The van der Waals surface area contributed by atoms with Crippen molar-refractivity contribution in [2.45, 2.75) is 37.7 Å². The number of benzene rings is 4. The lowest BCUT2D eigenvalue weighted by Crippen LogP contribution is -2.50. The fourth-order valence-corrected chi connectivity index (χ4v) is 5.47. The maximum atomic E-state index is 14.7. The summed E-state index contributed by atoms with van der Waals surface area (Å²) in [7, 11) is 0. The number of imide groups is 1. The van der Waals surface area contributed by atoms with E-state index in [0.29, 0.717) is 22.4 Å². The highest BCUT2D eigenvalue weighted by molar-refractivity contribution is 6.23. The number of para-hydroxylation sites is 1. The predicted octanol–water partition coefficient (Wildman–Crippen LogP) is 6.47. The van der Waals surface area contributed by atoms with Crippen molar-refractivity contribution in [2.24, 2.45) is 0 Å². The number of ether oxygens (including phenoxy) is 1. The molecular weight excluding hydrogens is 480 g/mol. The SMILES string of the molecule is CC(C)(C)OC(=O)N1C(=O)[C@](c2ccc3ccccc3c2)([C@@H](C[N+](=O)[O-])c2ccccc2)c2ccccc21. The lowest BCUT2D eigenvalue weighted by Gasteiger charge is -2.36. The normalized spacial score (nSPS) is 17.8. The zero-order valence-electron chi connectivity index (χ0n) is 21.5. The minimum atomic E-state index is -1.55. The average Bonchev–Trinajstić information content (AvgIpc) is 3.15. The molecule has 0 unspecified atom stereocenters. The molecule has 2 amide bonds. The molecule has 0 aromatic heterocycles. The molecule has 1 heterocycles. The summed E-state index contributed by atoms with van der Waals surface area (Å²) in [6, 6.07) is 29.4. The van der Waals surface area contributed by atoms with Gasteiger partial charge in [-0.1, -0.05) is 84.9 Å². The van der Waals surface area contributed by atoms with E-state index < -0.39 is 40.4 Å². The number of fused-ring (bicyclic) bond motifs is 2. The van der Waals surface area contributed by atoms with E-state index in [1.807, 2.05) is 48.5 Å². The minimum absolute atomic E-state index is 0.365. The van der Waals surface area contributed by atoms with Gasteiger partial charge in [-0.05, 0) is 60.4 Å². The van der Waals surface area contributed by atoms with Gasteiger partial charge in [0.2, 0.25) is 6.54 Å². The Labute approximate surface area is 220 Å². The molecule has 7 heteroatoms. The molecule has 4 aromatic rings. The molecule has 0 aliphatic carbocycles. The highest BCUT2D eigenvalue weighted by atomic mass is 16.6. The summed E-state index contributed by atoms with van der Waals surface area (Å²) in [5.74, 6) is -1.47. The molecule has 1 aliphatic rings. The van der Waals surface area contributed by atoms with Crippen molar-refractivity contribution in [1.29, 1.82) is 0 Å². The van der Waals surface area contributed by atoms with Crippen molar-refractivity contribution < 1.29 is 19.2 Å². The summed E-state index contributed by atoms with van der Waals surface area (Å²) < 4.78 is 5.65. The number of anilines is 1. The fourth-order valence-electron chi connectivity index (χ4n) is 5.47. The van der Waals surface area contributed by atoms with Crippen LogP contribution in [0, 0.1) is 10.1 Å². The van der Waals surface area contributed by atoms with Crippen LogP contribution in [0.5, 0.6) is 0 Å². The fraction of sp³-hybridized carbons (Fsp3) is 0.226. The van der Waals surface area contributed by atoms with Crippen molar-refractivity contribution in [2.75, 3.05) is 11.4 Å². The lowest BCUT2D eigenvalue weighted by molar-refractivity contribution is -0.484. The first kappa shape index (κ1) is 25.1. The van der Waals surface area contributed by atoms with Crippen LogP contribution in [0.2, 0.25) is 0 Å². The van der Waals surface area contributed by atoms with E-state index in [0.717, 1.165) is 15.7 Å². The largest absolute Gasteiger partial charge is 0.443 e. The van der Waals surface area contributed by atoms with Crippen LogP contribution in [0.1, 0.15) is 43.4 Å². The lowest BCUT2D eigenvalue weighted by atomic mass is 9.64. The van der Waals surface area contributed by atoms with Gasteiger partial charge in [-0.25, -0.2) is 9.69 Å². The molecule has 1 aliphatic heterocycles. The van der Waals surface area contributed by atoms with Crippen molar-refractivity contribution in [3.05, 3.63) is 124 Å². The van der Waals surface area contributed by atoms with E-state index in [1.54, 1.807) is 69.3 Å². The number of amides is 2. The zero-order chi connectivity index (χ0) is 27.1. The summed E-state index contributed by atoms with van der Waals surface area (Å²) in [6.07, 6.45) is -0.814. The molecule has 38 heavy (non-hydrogen) atoms. The number of carbonyl (C=O) groups is 2. The van der Waals surface area contributed by atoms with Gasteiger partial charge in [-0.15, -0.1) is 0 Å². The van der Waals surface area contributed by atoms with E-state index >= 15 is 0 Å². The Kier molecular flexibility index (Phi) is 6.23. The smallest absolute Gasteiger partial charge is 0.421 e. The van der Waals surface area contributed by atoms with E-state index in [1.165, 1.54) is 0 Å². The van der Waals surface area contributed by atoms with Crippen LogP contribution >= 0.6 is 0 Å². The second kappa shape index (κ2) is 9.41. The molecule has 0 saturated carbocycles. The predicted molar refractivity (Wildman–Crippen MR) is 146 cm³/mol. The van der Waals surface area contributed by atoms with Gasteiger partial charge in [0.05, 0.1) is 11.6 Å². The number of hydrogen-bond acceptors (Lipinski definition) is 5. The number of hydrogen-bond donors (Lipinski definition) is 0. The third-order valence-electron chi connectivity index (χ3n) is 6.95. The first-order chi connectivity index (χ1) is 18.1. The summed E-state index contributed by atoms with van der Waals surface area (Å²) in [5, 5.41) is 14.0. The van der Waals surface area contributed by atoms with Gasteiger partial charge in [0.15, 0.2) is 0 Å². The quantitative estimate of drug-likeness (QED) is 0.228. The molecule has 192 valence electrons. The van der Waals surface area contributed by atoms with Crippen LogP contribution in [0.3, 0.4) is 0 Å². The number of carbonyl (C=O) groups excluding carboxylic acids is 2. The Morgan fingerprint density at radius 2 is 1.55 bits per heavy atom. The Morgan fingerprint density at radius 3 is 2.24 bits per heavy atom. The van der Waals surface area contributed by atoms with E-state index in [2.05, 4.69) is 0 Å². The van der Waals surface area contributed by atoms with Crippen molar-refractivity contribution in [3.8, 4) is 0 Å². The van der Waals surface area contributed by atoms with Crippen LogP contribution in [0.25, 0.3) is 10.8 Å². The van der Waals surface area contributed by atoms with Gasteiger partial charge in [-0.3, -0.25) is 14.9 Å². The second-order valence-electron chi connectivity index (χ2n) is 10.5. The Bertz CT molecular complexity index is 1540. The van der Waals surface area contributed by atoms with Crippen LogP contribution in [-0.2, 0) is 14.9 Å². The molecule has 7 nitrogen and oxygen atoms in total. The molecule has 5 rings (SSSR count). The molecule has 0 spiro atoms. The topological polar surface area (TPSA) is 89.8 Å². The Hall–Kier alpha value is -4.52. The Balaban J connectivity index is 1.85. The zero-order valence-corrected chi connectivity index (χ0v) is 21.5. The third-order valence-corrected chi connectivity index (χ3v) is 6.95. The van der Waals surface area contributed by atoms with Gasteiger partial charge >= 0.3 is 6.09 Å². The van der Waals surface area contributed by atoms with Gasteiger partial charge in [0, 0.05) is 4.92 Å². The summed E-state index contributed by atoms with van der Waals surface area (Å²) >= 11 is 0. The van der Waals surface area contributed by atoms with Gasteiger partial charge in [0.25, 0.3) is 5.91 Å². The standard InChI is InChI=1S/C31H28N2O5/c1-30(2,3)38-29(35)33-27-16-10-9-15-25(27)31(28(33)34,24-18-17-21-11-7-8-14-23(21)19-24)26(20-32(36)37)22-12-5-4-6-13-22/h4-19,26H,20H2,1-3H3/t26-,31-/m0/s1.